The molecule has 0 spiro atoms. The maximum absolute atomic E-state index is 9.28. The van der Waals surface area contributed by atoms with E-state index >= 15 is 0 Å². The molecule has 0 saturated heterocycles. The molecule has 0 saturated carbocycles. The summed E-state index contributed by atoms with van der Waals surface area (Å²) in [5, 5.41) is 14.0. The van der Waals surface area contributed by atoms with Crippen molar-refractivity contribution in [2.75, 3.05) is 5.32 Å². The van der Waals surface area contributed by atoms with Crippen molar-refractivity contribution in [2.24, 2.45) is 0 Å². The van der Waals surface area contributed by atoms with Crippen LogP contribution in [0, 0.1) is 18.3 Å². The first kappa shape index (κ1) is 13.4. The van der Waals surface area contributed by atoms with E-state index in [-0.39, 0.29) is 0 Å². The molecule has 2 aromatic carbocycles. The SMILES string of the molecule is Cc1ccc(Nc2cc(C#N)c3ccccc3n2)cc1Cl. The molecule has 0 bridgehead atoms. The first-order chi connectivity index (χ1) is 10.2. The van der Waals surface area contributed by atoms with Crippen LogP contribution >= 0.6 is 11.6 Å². The summed E-state index contributed by atoms with van der Waals surface area (Å²) in [7, 11) is 0. The number of benzene rings is 2. The van der Waals surface area contributed by atoms with E-state index in [1.54, 1.807) is 6.07 Å². The van der Waals surface area contributed by atoms with Crippen molar-refractivity contribution in [2.45, 2.75) is 6.92 Å². The zero-order valence-electron chi connectivity index (χ0n) is 11.4. The monoisotopic (exact) mass is 293 g/mol. The summed E-state index contributed by atoms with van der Waals surface area (Å²) >= 11 is 6.12. The smallest absolute Gasteiger partial charge is 0.132 e. The maximum atomic E-state index is 9.28. The Morgan fingerprint density at radius 3 is 2.71 bits per heavy atom. The first-order valence-electron chi connectivity index (χ1n) is 6.50. The first-order valence-corrected chi connectivity index (χ1v) is 6.88. The predicted molar refractivity (Wildman–Crippen MR) is 85.9 cm³/mol. The Kier molecular flexibility index (Phi) is 3.47. The molecule has 4 heteroatoms. The molecule has 0 aliphatic heterocycles. The van der Waals surface area contributed by atoms with Gasteiger partial charge in [-0.3, -0.25) is 0 Å². The number of aromatic nitrogens is 1. The van der Waals surface area contributed by atoms with Crippen molar-refractivity contribution in [3.05, 3.63) is 64.7 Å². The number of nitrogens with zero attached hydrogens (tertiary/aromatic N) is 2. The average Bonchev–Trinajstić information content (AvgIpc) is 2.50. The van der Waals surface area contributed by atoms with Gasteiger partial charge in [-0.05, 0) is 36.8 Å². The van der Waals surface area contributed by atoms with Gasteiger partial charge in [-0.25, -0.2) is 4.98 Å². The summed E-state index contributed by atoms with van der Waals surface area (Å²) < 4.78 is 0. The Morgan fingerprint density at radius 2 is 1.95 bits per heavy atom. The van der Waals surface area contributed by atoms with Gasteiger partial charge < -0.3 is 5.32 Å². The van der Waals surface area contributed by atoms with Crippen LogP contribution in [0.2, 0.25) is 5.02 Å². The number of para-hydroxylation sites is 1. The lowest BCUT2D eigenvalue weighted by atomic mass is 10.1. The number of fused-ring (bicyclic) bond motifs is 1. The van der Waals surface area contributed by atoms with Gasteiger partial charge in [-0.1, -0.05) is 35.9 Å². The highest BCUT2D eigenvalue weighted by molar-refractivity contribution is 6.31. The van der Waals surface area contributed by atoms with Gasteiger partial charge >= 0.3 is 0 Å². The standard InChI is InChI=1S/C17H12ClN3/c1-11-6-7-13(9-15(11)18)20-17-8-12(10-19)14-4-2-3-5-16(14)21-17/h2-9H,1H3,(H,20,21). The molecule has 3 nitrogen and oxygen atoms in total. The normalized spacial score (nSPS) is 10.3. The molecule has 0 radical (unpaired) electrons. The average molecular weight is 294 g/mol. The fourth-order valence-corrected chi connectivity index (χ4v) is 2.33. The molecule has 3 aromatic rings. The summed E-state index contributed by atoms with van der Waals surface area (Å²) in [6.07, 6.45) is 0. The zero-order valence-corrected chi connectivity index (χ0v) is 12.1. The summed E-state index contributed by atoms with van der Waals surface area (Å²) in [6.45, 7) is 1.95. The summed E-state index contributed by atoms with van der Waals surface area (Å²) in [4.78, 5) is 4.53. The van der Waals surface area contributed by atoms with Crippen LogP contribution in [0.1, 0.15) is 11.1 Å². The highest BCUT2D eigenvalue weighted by atomic mass is 35.5. The lowest BCUT2D eigenvalue weighted by Gasteiger charge is -2.09. The van der Waals surface area contributed by atoms with Crippen molar-refractivity contribution in [1.82, 2.24) is 4.98 Å². The minimum atomic E-state index is 0.598. The number of hydrogen-bond donors (Lipinski definition) is 1. The van der Waals surface area contributed by atoms with Gasteiger partial charge in [-0.2, -0.15) is 5.26 Å². The van der Waals surface area contributed by atoms with Crippen molar-refractivity contribution in [3.63, 3.8) is 0 Å². The number of nitriles is 1. The molecule has 3 rings (SSSR count). The second kappa shape index (κ2) is 5.43. The molecule has 102 valence electrons. The van der Waals surface area contributed by atoms with Gasteiger partial charge in [0.25, 0.3) is 0 Å². The van der Waals surface area contributed by atoms with E-state index in [9.17, 15) is 5.26 Å². The molecule has 0 unspecified atom stereocenters. The number of rotatable bonds is 2. The third kappa shape index (κ3) is 2.67. The maximum Gasteiger partial charge on any atom is 0.132 e. The van der Waals surface area contributed by atoms with Gasteiger partial charge in [-0.15, -0.1) is 0 Å². The third-order valence-corrected chi connectivity index (χ3v) is 3.69. The minimum Gasteiger partial charge on any atom is -0.340 e. The molecule has 21 heavy (non-hydrogen) atoms. The third-order valence-electron chi connectivity index (χ3n) is 3.28. The minimum absolute atomic E-state index is 0.598. The Hall–Kier alpha value is -2.57. The van der Waals surface area contributed by atoms with Crippen LogP contribution in [0.4, 0.5) is 11.5 Å². The van der Waals surface area contributed by atoms with Crippen LogP contribution in [0.25, 0.3) is 10.9 Å². The van der Waals surface area contributed by atoms with Crippen LogP contribution in [0.5, 0.6) is 0 Å². The molecule has 0 amide bonds. The number of hydrogen-bond acceptors (Lipinski definition) is 3. The van der Waals surface area contributed by atoms with E-state index in [1.165, 1.54) is 0 Å². The molecular weight excluding hydrogens is 282 g/mol. The van der Waals surface area contributed by atoms with Crippen LogP contribution in [0.15, 0.2) is 48.5 Å². The summed E-state index contributed by atoms with van der Waals surface area (Å²) in [6, 6.07) is 17.3. The number of aryl methyl sites for hydroxylation is 1. The van der Waals surface area contributed by atoms with Crippen molar-refractivity contribution in [3.8, 4) is 6.07 Å². The Morgan fingerprint density at radius 1 is 1.14 bits per heavy atom. The molecule has 1 heterocycles. The molecule has 0 aliphatic carbocycles. The van der Waals surface area contributed by atoms with Crippen LogP contribution in [-0.4, -0.2) is 4.98 Å². The molecule has 0 fully saturated rings. The van der Waals surface area contributed by atoms with Gasteiger partial charge in [0.15, 0.2) is 0 Å². The molecule has 0 aliphatic rings. The Bertz CT molecular complexity index is 866. The highest BCUT2D eigenvalue weighted by Gasteiger charge is 2.06. The molecule has 1 N–H and O–H groups in total. The number of pyridine rings is 1. The number of nitrogens with one attached hydrogen (secondary N) is 1. The van der Waals surface area contributed by atoms with E-state index in [2.05, 4.69) is 16.4 Å². The topological polar surface area (TPSA) is 48.7 Å². The van der Waals surface area contributed by atoms with E-state index < -0.39 is 0 Å². The van der Waals surface area contributed by atoms with Gasteiger partial charge in [0, 0.05) is 16.1 Å². The predicted octanol–water partition coefficient (Wildman–Crippen LogP) is 4.81. The van der Waals surface area contributed by atoms with E-state index in [0.29, 0.717) is 16.4 Å². The van der Waals surface area contributed by atoms with E-state index in [1.807, 2.05) is 49.4 Å². The zero-order chi connectivity index (χ0) is 14.8. The second-order valence-corrected chi connectivity index (χ2v) is 5.18. The van der Waals surface area contributed by atoms with E-state index in [4.69, 9.17) is 11.6 Å². The number of halogens is 1. The highest BCUT2D eigenvalue weighted by Crippen LogP contribution is 2.25. The van der Waals surface area contributed by atoms with Gasteiger partial charge in [0.1, 0.15) is 5.82 Å². The Balaban J connectivity index is 2.04. The van der Waals surface area contributed by atoms with Crippen LogP contribution in [0.3, 0.4) is 0 Å². The van der Waals surface area contributed by atoms with E-state index in [0.717, 1.165) is 22.2 Å². The second-order valence-electron chi connectivity index (χ2n) is 4.77. The molecule has 0 atom stereocenters. The van der Waals surface area contributed by atoms with Gasteiger partial charge in [0.05, 0.1) is 17.1 Å². The fraction of sp³-hybridized carbons (Fsp3) is 0.0588. The molecule has 1 aromatic heterocycles. The summed E-state index contributed by atoms with van der Waals surface area (Å²) in [5.41, 5.74) is 3.25. The van der Waals surface area contributed by atoms with Crippen molar-refractivity contribution >= 4 is 34.0 Å². The van der Waals surface area contributed by atoms with Gasteiger partial charge in [0.2, 0.25) is 0 Å². The lowest BCUT2D eigenvalue weighted by Crippen LogP contribution is -1.96. The van der Waals surface area contributed by atoms with Crippen molar-refractivity contribution < 1.29 is 0 Å². The van der Waals surface area contributed by atoms with Crippen LogP contribution in [-0.2, 0) is 0 Å². The molecular formula is C17H12ClN3. The fourth-order valence-electron chi connectivity index (χ4n) is 2.15. The van der Waals surface area contributed by atoms with Crippen LogP contribution < -0.4 is 5.32 Å². The van der Waals surface area contributed by atoms with Crippen molar-refractivity contribution in [1.29, 1.82) is 5.26 Å². The Labute approximate surface area is 127 Å². The number of anilines is 2. The largest absolute Gasteiger partial charge is 0.340 e. The quantitative estimate of drug-likeness (QED) is 0.737. The lowest BCUT2D eigenvalue weighted by molar-refractivity contribution is 1.35. The summed E-state index contributed by atoms with van der Waals surface area (Å²) in [5.74, 6) is 0.630.